The van der Waals surface area contributed by atoms with E-state index in [9.17, 15) is 9.18 Å². The Bertz CT molecular complexity index is 1310. The molecule has 0 saturated heterocycles. The Hall–Kier alpha value is -4.00. The van der Waals surface area contributed by atoms with E-state index in [1.165, 1.54) is 16.8 Å². The summed E-state index contributed by atoms with van der Waals surface area (Å²) in [7, 11) is 0. The number of furan rings is 1. The van der Waals surface area contributed by atoms with Crippen LogP contribution in [-0.4, -0.2) is 19.5 Å². The molecule has 1 N–H and O–H groups in total. The third-order valence-electron chi connectivity index (χ3n) is 4.68. The standard InChI is InChI=1S/C22H15FN4O2/c23-16-9-15(11-24-12-16)20-21-26-18(10-17-7-4-8-29-17)22(28)27(21)13-19(25-20)14-5-2-1-3-6-14/h1-9,11-13,25H,10H2. The fourth-order valence-corrected chi connectivity index (χ4v) is 3.32. The smallest absolute Gasteiger partial charge is 0.278 e. The van der Waals surface area contributed by atoms with E-state index < -0.39 is 5.82 Å². The average Bonchev–Trinajstić information content (AvgIpc) is 3.37. The van der Waals surface area contributed by atoms with E-state index in [-0.39, 0.29) is 12.0 Å². The average molecular weight is 386 g/mol. The summed E-state index contributed by atoms with van der Waals surface area (Å²) in [5, 5.41) is 0. The van der Waals surface area contributed by atoms with Gasteiger partial charge in [0.15, 0.2) is 5.82 Å². The van der Waals surface area contributed by atoms with Gasteiger partial charge in [-0.3, -0.25) is 14.3 Å². The first-order valence-electron chi connectivity index (χ1n) is 9.02. The minimum absolute atomic E-state index is 0.242. The summed E-state index contributed by atoms with van der Waals surface area (Å²) >= 11 is 0. The van der Waals surface area contributed by atoms with Crippen LogP contribution in [0.4, 0.5) is 4.39 Å². The van der Waals surface area contributed by atoms with Crippen LogP contribution < -0.4 is 5.56 Å². The molecule has 0 spiro atoms. The molecule has 0 amide bonds. The van der Waals surface area contributed by atoms with Gasteiger partial charge in [0.25, 0.3) is 5.56 Å². The molecule has 0 aliphatic carbocycles. The van der Waals surface area contributed by atoms with Crippen molar-refractivity contribution in [3.8, 4) is 28.3 Å². The predicted octanol–water partition coefficient (Wildman–Crippen LogP) is 4.05. The van der Waals surface area contributed by atoms with Gasteiger partial charge in [-0.2, -0.15) is 0 Å². The quantitative estimate of drug-likeness (QED) is 0.506. The van der Waals surface area contributed by atoms with Crippen LogP contribution >= 0.6 is 0 Å². The number of rotatable bonds is 4. The van der Waals surface area contributed by atoms with E-state index in [1.54, 1.807) is 24.6 Å². The summed E-state index contributed by atoms with van der Waals surface area (Å²) in [6.45, 7) is 0. The van der Waals surface area contributed by atoms with E-state index in [2.05, 4.69) is 15.0 Å². The molecule has 29 heavy (non-hydrogen) atoms. The maximum absolute atomic E-state index is 13.8. The van der Waals surface area contributed by atoms with E-state index in [0.717, 1.165) is 11.8 Å². The molecule has 0 fully saturated rings. The maximum Gasteiger partial charge on any atom is 0.278 e. The summed E-state index contributed by atoms with van der Waals surface area (Å²) in [6, 6.07) is 14.5. The summed E-state index contributed by atoms with van der Waals surface area (Å²) in [6.07, 6.45) is 6.21. The second-order valence-corrected chi connectivity index (χ2v) is 6.61. The number of nitrogens with one attached hydrogen (secondary N) is 1. The highest BCUT2D eigenvalue weighted by atomic mass is 19.1. The van der Waals surface area contributed by atoms with Crippen molar-refractivity contribution in [2.24, 2.45) is 0 Å². The molecule has 5 rings (SSSR count). The first-order chi connectivity index (χ1) is 14.2. The Kier molecular flexibility index (Phi) is 4.05. The molecule has 2 aliphatic rings. The van der Waals surface area contributed by atoms with Gasteiger partial charge in [0.2, 0.25) is 0 Å². The molecule has 7 heteroatoms. The van der Waals surface area contributed by atoms with Gasteiger partial charge in [-0.25, -0.2) is 9.37 Å². The van der Waals surface area contributed by atoms with Gasteiger partial charge in [-0.1, -0.05) is 30.3 Å². The van der Waals surface area contributed by atoms with Crippen molar-refractivity contribution in [1.29, 1.82) is 0 Å². The molecular formula is C22H15FN4O2. The molecular weight excluding hydrogens is 371 g/mol. The number of hydrogen-bond donors (Lipinski definition) is 1. The highest BCUT2D eigenvalue weighted by Gasteiger charge is 2.22. The highest BCUT2D eigenvalue weighted by Crippen LogP contribution is 2.28. The van der Waals surface area contributed by atoms with E-state index in [1.807, 2.05) is 30.3 Å². The lowest BCUT2D eigenvalue weighted by Crippen LogP contribution is -2.16. The molecule has 6 nitrogen and oxygen atoms in total. The lowest BCUT2D eigenvalue weighted by Gasteiger charge is -2.13. The molecule has 0 atom stereocenters. The van der Waals surface area contributed by atoms with Gasteiger partial charge in [-0.15, -0.1) is 0 Å². The molecule has 0 bridgehead atoms. The van der Waals surface area contributed by atoms with Crippen LogP contribution in [0.3, 0.4) is 0 Å². The molecule has 0 unspecified atom stereocenters. The summed E-state index contributed by atoms with van der Waals surface area (Å²) < 4.78 is 20.7. The Balaban J connectivity index is 1.75. The summed E-state index contributed by atoms with van der Waals surface area (Å²) in [4.78, 5) is 24.8. The van der Waals surface area contributed by atoms with Crippen molar-refractivity contribution in [3.63, 3.8) is 0 Å². The van der Waals surface area contributed by atoms with Crippen LogP contribution in [0.1, 0.15) is 11.5 Å². The molecule has 142 valence electrons. The second kappa shape index (κ2) is 6.87. The minimum atomic E-state index is -0.469. The van der Waals surface area contributed by atoms with Gasteiger partial charge in [0.1, 0.15) is 17.3 Å². The first kappa shape index (κ1) is 17.1. The zero-order valence-corrected chi connectivity index (χ0v) is 15.2. The monoisotopic (exact) mass is 386 g/mol. The maximum atomic E-state index is 13.8. The highest BCUT2D eigenvalue weighted by molar-refractivity contribution is 5.71. The van der Waals surface area contributed by atoms with Crippen molar-refractivity contribution in [1.82, 2.24) is 19.5 Å². The normalized spacial score (nSPS) is 11.2. The lowest BCUT2D eigenvalue weighted by molar-refractivity contribution is 0.519. The molecule has 4 heterocycles. The first-order valence-corrected chi connectivity index (χ1v) is 9.02. The van der Waals surface area contributed by atoms with Gasteiger partial charge >= 0.3 is 0 Å². The Morgan fingerprint density at radius 1 is 1.07 bits per heavy atom. The third kappa shape index (κ3) is 3.12. The van der Waals surface area contributed by atoms with Crippen molar-refractivity contribution >= 4 is 0 Å². The second-order valence-electron chi connectivity index (χ2n) is 6.61. The zero-order valence-electron chi connectivity index (χ0n) is 15.2. The van der Waals surface area contributed by atoms with Crippen molar-refractivity contribution < 1.29 is 8.81 Å². The van der Waals surface area contributed by atoms with Crippen LogP contribution in [0.15, 0.2) is 82.6 Å². The number of nitrogens with zero attached hydrogens (tertiary/aromatic N) is 3. The zero-order chi connectivity index (χ0) is 19.8. The van der Waals surface area contributed by atoms with Crippen molar-refractivity contribution in [3.05, 3.63) is 101 Å². The molecule has 0 saturated carbocycles. The minimum Gasteiger partial charge on any atom is -0.469 e. The number of fused-ring (bicyclic) bond motifs is 1. The van der Waals surface area contributed by atoms with E-state index >= 15 is 0 Å². The number of benzene rings is 1. The van der Waals surface area contributed by atoms with Crippen LogP contribution in [0.25, 0.3) is 28.3 Å². The number of aromatic amines is 1. The number of hydrogen-bond acceptors (Lipinski definition) is 4. The molecule has 2 aliphatic heterocycles. The number of imidazole rings is 1. The molecule has 0 radical (unpaired) electrons. The number of halogens is 1. The lowest BCUT2D eigenvalue weighted by atomic mass is 10.1. The fourth-order valence-electron chi connectivity index (χ4n) is 3.32. The Morgan fingerprint density at radius 2 is 1.93 bits per heavy atom. The van der Waals surface area contributed by atoms with Gasteiger partial charge in [0.05, 0.1) is 30.3 Å². The van der Waals surface area contributed by atoms with E-state index in [4.69, 9.17) is 4.42 Å². The third-order valence-corrected chi connectivity index (χ3v) is 4.68. The van der Waals surface area contributed by atoms with Crippen molar-refractivity contribution in [2.75, 3.05) is 0 Å². The van der Waals surface area contributed by atoms with E-state index in [0.29, 0.717) is 34.2 Å². The fraction of sp³-hybridized carbons (Fsp3) is 0.0455. The SMILES string of the molecule is O=c1c(Cc2ccco2)nc2c(-c3cncc(F)c3)[nH]c(-c3ccccc3)cn1-2. The van der Waals surface area contributed by atoms with Crippen LogP contribution in [-0.2, 0) is 6.42 Å². The van der Waals surface area contributed by atoms with Crippen LogP contribution in [0.5, 0.6) is 0 Å². The summed E-state index contributed by atoms with van der Waals surface area (Å²) in [5.74, 6) is 0.583. The van der Waals surface area contributed by atoms with Crippen LogP contribution in [0.2, 0.25) is 0 Å². The predicted molar refractivity (Wildman–Crippen MR) is 106 cm³/mol. The topological polar surface area (TPSA) is 76.7 Å². The largest absolute Gasteiger partial charge is 0.469 e. The molecule has 2 aromatic heterocycles. The Labute approximate surface area is 164 Å². The Morgan fingerprint density at radius 3 is 2.69 bits per heavy atom. The van der Waals surface area contributed by atoms with Crippen molar-refractivity contribution in [2.45, 2.75) is 6.42 Å². The van der Waals surface area contributed by atoms with Gasteiger partial charge in [0, 0.05) is 18.0 Å². The summed E-state index contributed by atoms with van der Waals surface area (Å²) in [5.41, 5.74) is 2.72. The van der Waals surface area contributed by atoms with Gasteiger partial charge in [-0.05, 0) is 23.8 Å². The van der Waals surface area contributed by atoms with Gasteiger partial charge < -0.3 is 9.40 Å². The van der Waals surface area contributed by atoms with Crippen LogP contribution in [0, 0.1) is 5.82 Å². The number of pyridine rings is 1. The molecule has 1 aromatic carbocycles. The molecule has 3 aromatic rings. The number of aromatic nitrogens is 4. The number of H-pyrrole nitrogens is 1.